The van der Waals surface area contributed by atoms with Crippen LogP contribution in [0.15, 0.2) is 35.6 Å². The van der Waals surface area contributed by atoms with Crippen LogP contribution in [-0.2, 0) is 4.74 Å². The molecule has 96 valence electrons. The molecule has 0 saturated carbocycles. The summed E-state index contributed by atoms with van der Waals surface area (Å²) >= 11 is 0. The van der Waals surface area contributed by atoms with E-state index in [-0.39, 0.29) is 6.09 Å². The van der Waals surface area contributed by atoms with E-state index in [4.69, 9.17) is 4.74 Å². The van der Waals surface area contributed by atoms with Gasteiger partial charge in [-0.15, -0.1) is 0 Å². The van der Waals surface area contributed by atoms with Gasteiger partial charge in [0.05, 0.1) is 6.61 Å². The summed E-state index contributed by atoms with van der Waals surface area (Å²) in [4.78, 5) is 13.8. The van der Waals surface area contributed by atoms with E-state index in [1.165, 1.54) is 17.7 Å². The molecule has 2 atom stereocenters. The lowest BCUT2D eigenvalue weighted by Gasteiger charge is -2.39. The molecule has 3 aliphatic rings. The van der Waals surface area contributed by atoms with Gasteiger partial charge in [0.1, 0.15) is 0 Å². The molecule has 0 aromatic heterocycles. The predicted molar refractivity (Wildman–Crippen MR) is 69.9 cm³/mol. The number of hydrogen-bond acceptors (Lipinski definition) is 2. The minimum absolute atomic E-state index is 0.182. The summed E-state index contributed by atoms with van der Waals surface area (Å²) in [5, 5.41) is 0. The highest BCUT2D eigenvalue weighted by Crippen LogP contribution is 2.42. The van der Waals surface area contributed by atoms with Gasteiger partial charge in [0.25, 0.3) is 0 Å². The highest BCUT2D eigenvalue weighted by Gasteiger charge is 2.35. The molecule has 2 aliphatic carbocycles. The van der Waals surface area contributed by atoms with E-state index >= 15 is 0 Å². The molecule has 1 fully saturated rings. The Morgan fingerprint density at radius 3 is 3.28 bits per heavy atom. The molecular weight excluding hydrogens is 226 g/mol. The lowest BCUT2D eigenvalue weighted by Crippen LogP contribution is -2.40. The summed E-state index contributed by atoms with van der Waals surface area (Å²) in [6, 6.07) is 0. The van der Waals surface area contributed by atoms with Crippen LogP contribution in [0.3, 0.4) is 0 Å². The van der Waals surface area contributed by atoms with E-state index in [2.05, 4.69) is 24.3 Å². The lowest BCUT2D eigenvalue weighted by atomic mass is 9.78. The summed E-state index contributed by atoms with van der Waals surface area (Å²) in [5.41, 5.74) is 2.52. The third-order valence-electron chi connectivity index (χ3n) is 4.07. The van der Waals surface area contributed by atoms with Crippen LogP contribution in [0, 0.1) is 11.8 Å². The Hall–Kier alpha value is -1.51. The Kier molecular flexibility index (Phi) is 2.98. The van der Waals surface area contributed by atoms with Gasteiger partial charge in [-0.1, -0.05) is 18.2 Å². The molecule has 0 bridgehead atoms. The predicted octanol–water partition coefficient (Wildman–Crippen LogP) is 3.25. The Balaban J connectivity index is 1.86. The maximum atomic E-state index is 12.0. The number of allylic oxidation sites excluding steroid dienone is 6. The largest absolute Gasteiger partial charge is 0.449 e. The van der Waals surface area contributed by atoms with Gasteiger partial charge in [-0.2, -0.15) is 0 Å². The molecule has 0 aromatic carbocycles. The molecule has 2 unspecified atom stereocenters. The van der Waals surface area contributed by atoms with Crippen LogP contribution < -0.4 is 0 Å². The number of amides is 1. The summed E-state index contributed by atoms with van der Waals surface area (Å²) in [7, 11) is 0. The zero-order valence-corrected chi connectivity index (χ0v) is 10.8. The average Bonchev–Trinajstić information content (AvgIpc) is 2.82. The highest BCUT2D eigenvalue weighted by molar-refractivity contribution is 5.71. The normalized spacial score (nSPS) is 29.3. The van der Waals surface area contributed by atoms with E-state index in [0.29, 0.717) is 18.4 Å². The molecule has 3 heteroatoms. The summed E-state index contributed by atoms with van der Waals surface area (Å²) in [5.74, 6) is 1.09. The topological polar surface area (TPSA) is 29.5 Å². The molecule has 3 rings (SSSR count). The fourth-order valence-corrected chi connectivity index (χ4v) is 3.21. The zero-order valence-electron chi connectivity index (χ0n) is 10.8. The first-order chi connectivity index (χ1) is 8.79. The van der Waals surface area contributed by atoms with Crippen molar-refractivity contribution in [2.75, 3.05) is 13.2 Å². The first-order valence-electron chi connectivity index (χ1n) is 6.84. The van der Waals surface area contributed by atoms with E-state index in [0.717, 1.165) is 19.4 Å². The van der Waals surface area contributed by atoms with Crippen molar-refractivity contribution in [1.29, 1.82) is 0 Å². The second-order valence-corrected chi connectivity index (χ2v) is 5.15. The van der Waals surface area contributed by atoms with E-state index < -0.39 is 0 Å². The van der Waals surface area contributed by atoms with E-state index in [9.17, 15) is 4.79 Å². The van der Waals surface area contributed by atoms with Crippen molar-refractivity contribution >= 4 is 6.09 Å². The fourth-order valence-electron chi connectivity index (χ4n) is 3.21. The monoisotopic (exact) mass is 245 g/mol. The van der Waals surface area contributed by atoms with Crippen molar-refractivity contribution in [1.82, 2.24) is 4.90 Å². The Labute approximate surface area is 108 Å². The van der Waals surface area contributed by atoms with Gasteiger partial charge in [0.2, 0.25) is 0 Å². The molecular formula is C15H19NO2. The van der Waals surface area contributed by atoms with Gasteiger partial charge < -0.3 is 4.74 Å². The second kappa shape index (κ2) is 4.63. The number of fused-ring (bicyclic) bond motifs is 2. The molecule has 0 aromatic rings. The lowest BCUT2D eigenvalue weighted by molar-refractivity contribution is 0.104. The van der Waals surface area contributed by atoms with Crippen molar-refractivity contribution in [3.63, 3.8) is 0 Å². The average molecular weight is 245 g/mol. The van der Waals surface area contributed by atoms with Crippen LogP contribution in [0.5, 0.6) is 0 Å². The van der Waals surface area contributed by atoms with Crippen LogP contribution in [-0.4, -0.2) is 24.1 Å². The second-order valence-electron chi connectivity index (χ2n) is 5.15. The Bertz CT molecular complexity index is 447. The molecule has 1 aliphatic heterocycles. The number of carbonyl (C=O) groups is 1. The Morgan fingerprint density at radius 1 is 1.56 bits per heavy atom. The minimum Gasteiger partial charge on any atom is -0.449 e. The molecule has 3 nitrogen and oxygen atoms in total. The highest BCUT2D eigenvalue weighted by atomic mass is 16.6. The molecule has 0 radical (unpaired) electrons. The molecule has 0 N–H and O–H groups in total. The number of piperidine rings is 1. The smallest absolute Gasteiger partial charge is 0.414 e. The Morgan fingerprint density at radius 2 is 2.44 bits per heavy atom. The van der Waals surface area contributed by atoms with Crippen molar-refractivity contribution in [2.24, 2.45) is 11.8 Å². The van der Waals surface area contributed by atoms with Gasteiger partial charge in [-0.05, 0) is 37.8 Å². The third-order valence-corrected chi connectivity index (χ3v) is 4.07. The number of likely N-dealkylation sites (tertiary alicyclic amines) is 1. The van der Waals surface area contributed by atoms with Crippen molar-refractivity contribution in [3.8, 4) is 0 Å². The first-order valence-corrected chi connectivity index (χ1v) is 6.84. The van der Waals surface area contributed by atoms with Crippen LogP contribution in [0.4, 0.5) is 4.79 Å². The first kappa shape index (κ1) is 11.6. The van der Waals surface area contributed by atoms with Gasteiger partial charge >= 0.3 is 6.09 Å². The van der Waals surface area contributed by atoms with Gasteiger partial charge in [-0.3, -0.25) is 4.90 Å². The van der Waals surface area contributed by atoms with Crippen molar-refractivity contribution in [3.05, 3.63) is 35.6 Å². The maximum Gasteiger partial charge on any atom is 0.414 e. The number of hydrogen-bond donors (Lipinski definition) is 0. The van der Waals surface area contributed by atoms with Crippen molar-refractivity contribution < 1.29 is 9.53 Å². The minimum atomic E-state index is -0.182. The number of carbonyl (C=O) groups excluding carboxylic acids is 1. The number of rotatable bonds is 1. The van der Waals surface area contributed by atoms with Gasteiger partial charge in [-0.25, -0.2) is 4.79 Å². The molecule has 1 amide bonds. The van der Waals surface area contributed by atoms with Gasteiger partial charge in [0.15, 0.2) is 0 Å². The van der Waals surface area contributed by atoms with Crippen molar-refractivity contribution in [2.45, 2.75) is 26.2 Å². The van der Waals surface area contributed by atoms with E-state index in [1.54, 1.807) is 0 Å². The van der Waals surface area contributed by atoms with Crippen LogP contribution in [0.2, 0.25) is 0 Å². The third kappa shape index (κ3) is 1.88. The molecule has 18 heavy (non-hydrogen) atoms. The van der Waals surface area contributed by atoms with Gasteiger partial charge in [0, 0.05) is 24.1 Å². The molecule has 1 heterocycles. The zero-order chi connectivity index (χ0) is 12.5. The standard InChI is InChI=1S/C15H19NO2/c1-2-18-15(17)16-8-4-7-13-9-11-5-3-6-12(11)10-14(13)16/h3,5-6,10-11,13H,2,4,7-9H2,1H3. The number of nitrogens with zero attached hydrogens (tertiary/aromatic N) is 1. The summed E-state index contributed by atoms with van der Waals surface area (Å²) in [6.45, 7) is 3.10. The maximum absolute atomic E-state index is 12.0. The van der Waals surface area contributed by atoms with Crippen LogP contribution >= 0.6 is 0 Å². The van der Waals surface area contributed by atoms with Crippen LogP contribution in [0.25, 0.3) is 0 Å². The summed E-state index contributed by atoms with van der Waals surface area (Å²) in [6.07, 6.45) is 12.0. The SMILES string of the molecule is CCOC(=O)N1CCCC2CC3C=CC=C3C=C21. The number of ether oxygens (including phenoxy) is 1. The summed E-state index contributed by atoms with van der Waals surface area (Å²) < 4.78 is 5.15. The molecule has 0 spiro atoms. The molecule has 1 saturated heterocycles. The quantitative estimate of drug-likeness (QED) is 0.709. The van der Waals surface area contributed by atoms with Crippen LogP contribution in [0.1, 0.15) is 26.2 Å². The van der Waals surface area contributed by atoms with E-state index in [1.807, 2.05) is 11.8 Å². The fraction of sp³-hybridized carbons (Fsp3) is 0.533.